The van der Waals surface area contributed by atoms with Crippen molar-refractivity contribution in [1.29, 1.82) is 0 Å². The SMILES string of the molecule is O=C(CCCCBr)c1ccc(Oc2ccccc2)cc1. The molecule has 0 fully saturated rings. The Hall–Kier alpha value is -1.61. The second-order valence-corrected chi connectivity index (χ2v) is 5.30. The van der Waals surface area contributed by atoms with Crippen molar-refractivity contribution in [2.75, 3.05) is 5.33 Å². The highest BCUT2D eigenvalue weighted by Gasteiger charge is 2.05. The van der Waals surface area contributed by atoms with Crippen LogP contribution >= 0.6 is 15.9 Å². The number of alkyl halides is 1. The fourth-order valence-corrected chi connectivity index (χ4v) is 2.25. The van der Waals surface area contributed by atoms with E-state index in [1.165, 1.54) is 0 Å². The van der Waals surface area contributed by atoms with E-state index in [1.54, 1.807) is 0 Å². The average Bonchev–Trinajstić information content (AvgIpc) is 2.49. The van der Waals surface area contributed by atoms with Gasteiger partial charge in [0.1, 0.15) is 11.5 Å². The van der Waals surface area contributed by atoms with E-state index < -0.39 is 0 Å². The third kappa shape index (κ3) is 4.49. The van der Waals surface area contributed by atoms with Gasteiger partial charge in [0.25, 0.3) is 0 Å². The van der Waals surface area contributed by atoms with E-state index in [1.807, 2.05) is 54.6 Å². The average molecular weight is 333 g/mol. The fraction of sp³-hybridized carbons (Fsp3) is 0.235. The molecule has 0 aliphatic heterocycles. The van der Waals surface area contributed by atoms with Crippen molar-refractivity contribution in [3.8, 4) is 11.5 Å². The summed E-state index contributed by atoms with van der Waals surface area (Å²) in [4.78, 5) is 11.9. The first kappa shape index (κ1) is 14.8. The number of rotatable bonds is 7. The van der Waals surface area contributed by atoms with Crippen LogP contribution in [0, 0.1) is 0 Å². The molecule has 0 N–H and O–H groups in total. The highest BCUT2D eigenvalue weighted by atomic mass is 79.9. The number of hydrogen-bond acceptors (Lipinski definition) is 2. The molecule has 0 radical (unpaired) electrons. The third-order valence-electron chi connectivity index (χ3n) is 2.94. The lowest BCUT2D eigenvalue weighted by molar-refractivity contribution is 0.0980. The number of Topliss-reactive ketones (excluding diaryl/α,β-unsaturated/α-hetero) is 1. The van der Waals surface area contributed by atoms with Crippen LogP contribution in [0.4, 0.5) is 0 Å². The molecular weight excluding hydrogens is 316 g/mol. The smallest absolute Gasteiger partial charge is 0.162 e. The monoisotopic (exact) mass is 332 g/mol. The summed E-state index contributed by atoms with van der Waals surface area (Å²) in [7, 11) is 0. The summed E-state index contributed by atoms with van der Waals surface area (Å²) in [5.41, 5.74) is 0.750. The minimum atomic E-state index is 0.192. The van der Waals surface area contributed by atoms with E-state index in [4.69, 9.17) is 4.74 Å². The summed E-state index contributed by atoms with van der Waals surface area (Å²) in [6.07, 6.45) is 2.55. The van der Waals surface area contributed by atoms with Crippen molar-refractivity contribution >= 4 is 21.7 Å². The number of ketones is 1. The number of hydrogen-bond donors (Lipinski definition) is 0. The van der Waals surface area contributed by atoms with Crippen molar-refractivity contribution in [3.63, 3.8) is 0 Å². The normalized spacial score (nSPS) is 10.2. The summed E-state index contributed by atoms with van der Waals surface area (Å²) in [5.74, 6) is 1.73. The van der Waals surface area contributed by atoms with Crippen molar-refractivity contribution in [1.82, 2.24) is 0 Å². The van der Waals surface area contributed by atoms with Gasteiger partial charge in [0, 0.05) is 17.3 Å². The third-order valence-corrected chi connectivity index (χ3v) is 3.50. The van der Waals surface area contributed by atoms with Crippen molar-refractivity contribution in [3.05, 3.63) is 60.2 Å². The Bertz CT molecular complexity index is 535. The van der Waals surface area contributed by atoms with E-state index >= 15 is 0 Å². The van der Waals surface area contributed by atoms with Crippen LogP contribution in [0.25, 0.3) is 0 Å². The Kier molecular flexibility index (Phi) is 5.81. The first-order chi connectivity index (χ1) is 9.79. The molecule has 0 bridgehead atoms. The molecule has 0 aliphatic carbocycles. The van der Waals surface area contributed by atoms with E-state index in [-0.39, 0.29) is 5.78 Å². The predicted molar refractivity (Wildman–Crippen MR) is 84.9 cm³/mol. The van der Waals surface area contributed by atoms with E-state index in [0.29, 0.717) is 6.42 Å². The summed E-state index contributed by atoms with van der Waals surface area (Å²) in [6, 6.07) is 16.9. The molecule has 2 aromatic carbocycles. The summed E-state index contributed by atoms with van der Waals surface area (Å²) >= 11 is 3.37. The lowest BCUT2D eigenvalue weighted by Crippen LogP contribution is -1.98. The van der Waals surface area contributed by atoms with Gasteiger partial charge in [0.2, 0.25) is 0 Å². The van der Waals surface area contributed by atoms with E-state index in [9.17, 15) is 4.79 Å². The first-order valence-electron chi connectivity index (χ1n) is 6.72. The van der Waals surface area contributed by atoms with Gasteiger partial charge in [0.05, 0.1) is 0 Å². The molecule has 2 aromatic rings. The number of para-hydroxylation sites is 1. The molecule has 0 heterocycles. The second kappa shape index (κ2) is 7.85. The zero-order valence-electron chi connectivity index (χ0n) is 11.2. The lowest BCUT2D eigenvalue weighted by atomic mass is 10.1. The maximum atomic E-state index is 11.9. The van der Waals surface area contributed by atoms with Crippen LogP contribution in [-0.4, -0.2) is 11.1 Å². The maximum absolute atomic E-state index is 11.9. The Morgan fingerprint density at radius 1 is 0.900 bits per heavy atom. The summed E-state index contributed by atoms with van der Waals surface area (Å²) < 4.78 is 5.69. The summed E-state index contributed by atoms with van der Waals surface area (Å²) in [6.45, 7) is 0. The first-order valence-corrected chi connectivity index (χ1v) is 7.84. The van der Waals surface area contributed by atoms with Crippen LogP contribution in [0.1, 0.15) is 29.6 Å². The molecular formula is C17H17BrO2. The quantitative estimate of drug-likeness (QED) is 0.394. The fourth-order valence-electron chi connectivity index (χ4n) is 1.86. The van der Waals surface area contributed by atoms with Gasteiger partial charge in [-0.05, 0) is 49.2 Å². The van der Waals surface area contributed by atoms with Crippen LogP contribution < -0.4 is 4.74 Å². The Morgan fingerprint density at radius 3 is 2.20 bits per heavy atom. The van der Waals surface area contributed by atoms with Gasteiger partial charge in [-0.2, -0.15) is 0 Å². The number of unbranched alkanes of at least 4 members (excludes halogenated alkanes) is 1. The molecule has 0 saturated carbocycles. The minimum Gasteiger partial charge on any atom is -0.457 e. The highest BCUT2D eigenvalue weighted by molar-refractivity contribution is 9.09. The molecule has 2 nitrogen and oxygen atoms in total. The van der Waals surface area contributed by atoms with Gasteiger partial charge in [-0.3, -0.25) is 4.79 Å². The molecule has 0 amide bonds. The van der Waals surface area contributed by atoms with Crippen LogP contribution in [0.5, 0.6) is 11.5 Å². The van der Waals surface area contributed by atoms with Crippen LogP contribution in [-0.2, 0) is 0 Å². The molecule has 2 rings (SSSR count). The molecule has 104 valence electrons. The lowest BCUT2D eigenvalue weighted by Gasteiger charge is -2.06. The molecule has 20 heavy (non-hydrogen) atoms. The number of benzene rings is 2. The Morgan fingerprint density at radius 2 is 1.55 bits per heavy atom. The topological polar surface area (TPSA) is 26.3 Å². The van der Waals surface area contributed by atoms with Gasteiger partial charge in [-0.25, -0.2) is 0 Å². The summed E-state index contributed by atoms with van der Waals surface area (Å²) in [5, 5.41) is 0.949. The highest BCUT2D eigenvalue weighted by Crippen LogP contribution is 2.21. The molecule has 0 saturated heterocycles. The van der Waals surface area contributed by atoms with Crippen LogP contribution in [0.15, 0.2) is 54.6 Å². The Labute approximate surface area is 127 Å². The minimum absolute atomic E-state index is 0.192. The van der Waals surface area contributed by atoms with Crippen LogP contribution in [0.3, 0.4) is 0 Å². The van der Waals surface area contributed by atoms with Gasteiger partial charge in [0.15, 0.2) is 5.78 Å². The zero-order chi connectivity index (χ0) is 14.2. The molecule has 0 unspecified atom stereocenters. The van der Waals surface area contributed by atoms with E-state index in [0.717, 1.165) is 35.2 Å². The van der Waals surface area contributed by atoms with Gasteiger partial charge < -0.3 is 4.74 Å². The maximum Gasteiger partial charge on any atom is 0.162 e. The van der Waals surface area contributed by atoms with Crippen LogP contribution in [0.2, 0.25) is 0 Å². The predicted octanol–water partition coefficient (Wildman–Crippen LogP) is 5.23. The molecule has 0 aromatic heterocycles. The number of ether oxygens (including phenoxy) is 1. The van der Waals surface area contributed by atoms with Crippen molar-refractivity contribution < 1.29 is 9.53 Å². The molecule has 3 heteroatoms. The zero-order valence-corrected chi connectivity index (χ0v) is 12.8. The van der Waals surface area contributed by atoms with E-state index in [2.05, 4.69) is 15.9 Å². The van der Waals surface area contributed by atoms with Crippen molar-refractivity contribution in [2.45, 2.75) is 19.3 Å². The molecule has 0 aliphatic rings. The van der Waals surface area contributed by atoms with Crippen molar-refractivity contribution in [2.24, 2.45) is 0 Å². The number of carbonyl (C=O) groups is 1. The van der Waals surface area contributed by atoms with Gasteiger partial charge >= 0.3 is 0 Å². The largest absolute Gasteiger partial charge is 0.457 e. The van der Waals surface area contributed by atoms with Gasteiger partial charge in [-0.1, -0.05) is 34.1 Å². The second-order valence-electron chi connectivity index (χ2n) is 4.51. The molecule has 0 spiro atoms. The van der Waals surface area contributed by atoms with Gasteiger partial charge in [-0.15, -0.1) is 0 Å². The number of carbonyl (C=O) groups excluding carboxylic acids is 1. The Balaban J connectivity index is 1.94. The standard InChI is InChI=1S/C17H17BrO2/c18-13-5-4-8-17(19)14-9-11-16(12-10-14)20-15-6-2-1-3-7-15/h1-3,6-7,9-12H,4-5,8,13H2. The molecule has 0 atom stereocenters. The number of halogens is 1.